The second-order valence-corrected chi connectivity index (χ2v) is 9.55. The van der Waals surface area contributed by atoms with Crippen molar-refractivity contribution in [3.05, 3.63) is 119 Å². The van der Waals surface area contributed by atoms with E-state index in [2.05, 4.69) is 24.3 Å². The molecule has 0 unspecified atom stereocenters. The van der Waals surface area contributed by atoms with Crippen LogP contribution in [0.2, 0.25) is 0 Å². The fourth-order valence-electron chi connectivity index (χ4n) is 5.19. The highest BCUT2D eigenvalue weighted by Gasteiger charge is 2.35. The first kappa shape index (κ1) is 25.1. The molecule has 1 aliphatic carbocycles. The van der Waals surface area contributed by atoms with Gasteiger partial charge in [-0.1, -0.05) is 43.5 Å². The predicted molar refractivity (Wildman–Crippen MR) is 144 cm³/mol. The molecule has 0 radical (unpaired) electrons. The molecule has 38 heavy (non-hydrogen) atoms. The molecule has 2 N–H and O–H groups in total. The van der Waals surface area contributed by atoms with Crippen LogP contribution in [-0.2, 0) is 5.41 Å². The summed E-state index contributed by atoms with van der Waals surface area (Å²) in [6.45, 7) is 0. The molecule has 6 nitrogen and oxygen atoms in total. The van der Waals surface area contributed by atoms with Crippen LogP contribution in [0.3, 0.4) is 0 Å². The predicted octanol–water partition coefficient (Wildman–Crippen LogP) is 7.92. The number of hydrogen-bond donors (Lipinski definition) is 2. The molecule has 5 rings (SSSR count). The average molecular weight is 509 g/mol. The van der Waals surface area contributed by atoms with Gasteiger partial charge in [-0.25, -0.2) is 9.59 Å². The standard InChI is InChI=1S/C32H28O6/c33-30(34)22-4-12-26(13-5-22)37-28-16-8-24(9-17-28)32(20-2-1-3-21-32)25-10-18-29(19-11-25)38-27-14-6-23(7-15-27)31(35)36/h4-19H,1-3,20-21H2,(H,33,34)(H,35,36). The van der Waals surface area contributed by atoms with Gasteiger partial charge in [-0.05, 0) is 96.8 Å². The van der Waals surface area contributed by atoms with Gasteiger partial charge in [0, 0.05) is 5.41 Å². The largest absolute Gasteiger partial charge is 0.478 e. The first-order valence-electron chi connectivity index (χ1n) is 12.7. The Balaban J connectivity index is 1.34. The quantitative estimate of drug-likeness (QED) is 0.251. The Labute approximate surface area is 221 Å². The van der Waals surface area contributed by atoms with Gasteiger partial charge >= 0.3 is 11.9 Å². The van der Waals surface area contributed by atoms with Crippen LogP contribution >= 0.6 is 0 Å². The van der Waals surface area contributed by atoms with Gasteiger partial charge in [-0.3, -0.25) is 0 Å². The van der Waals surface area contributed by atoms with Crippen LogP contribution in [-0.4, -0.2) is 22.2 Å². The molecule has 6 heteroatoms. The van der Waals surface area contributed by atoms with E-state index in [1.165, 1.54) is 41.8 Å². The molecule has 0 aromatic heterocycles. The summed E-state index contributed by atoms with van der Waals surface area (Å²) in [6, 6.07) is 29.1. The smallest absolute Gasteiger partial charge is 0.335 e. The highest BCUT2D eigenvalue weighted by molar-refractivity contribution is 5.88. The molecule has 1 aliphatic rings. The van der Waals surface area contributed by atoms with Crippen molar-refractivity contribution in [3.8, 4) is 23.0 Å². The average Bonchev–Trinajstić information content (AvgIpc) is 2.95. The third-order valence-corrected chi connectivity index (χ3v) is 7.19. The van der Waals surface area contributed by atoms with Crippen LogP contribution < -0.4 is 9.47 Å². The minimum absolute atomic E-state index is 0.0957. The van der Waals surface area contributed by atoms with E-state index in [1.54, 1.807) is 24.3 Å². The Morgan fingerprint density at radius 2 is 0.816 bits per heavy atom. The fraction of sp³-hybridized carbons (Fsp3) is 0.188. The molecule has 0 saturated heterocycles. The highest BCUT2D eigenvalue weighted by Crippen LogP contribution is 2.45. The van der Waals surface area contributed by atoms with Gasteiger partial charge in [0.15, 0.2) is 0 Å². The van der Waals surface area contributed by atoms with Gasteiger partial charge in [0.1, 0.15) is 23.0 Å². The number of ether oxygens (including phenoxy) is 2. The van der Waals surface area contributed by atoms with Crippen LogP contribution in [0.1, 0.15) is 63.9 Å². The number of aromatic carboxylic acids is 2. The highest BCUT2D eigenvalue weighted by atomic mass is 16.5. The molecule has 0 spiro atoms. The number of rotatable bonds is 8. The van der Waals surface area contributed by atoms with Gasteiger partial charge in [-0.15, -0.1) is 0 Å². The van der Waals surface area contributed by atoms with Crippen molar-refractivity contribution in [3.63, 3.8) is 0 Å². The van der Waals surface area contributed by atoms with Crippen molar-refractivity contribution in [2.24, 2.45) is 0 Å². The van der Waals surface area contributed by atoms with Crippen molar-refractivity contribution >= 4 is 11.9 Å². The maximum absolute atomic E-state index is 11.1. The minimum Gasteiger partial charge on any atom is -0.478 e. The Hall–Kier alpha value is -4.58. The molecular weight excluding hydrogens is 480 g/mol. The van der Waals surface area contributed by atoms with Crippen molar-refractivity contribution in [2.75, 3.05) is 0 Å². The van der Waals surface area contributed by atoms with Crippen molar-refractivity contribution < 1.29 is 29.3 Å². The summed E-state index contributed by atoms with van der Waals surface area (Å²) in [5.41, 5.74) is 2.83. The molecule has 0 amide bonds. The Morgan fingerprint density at radius 3 is 1.13 bits per heavy atom. The zero-order chi connectivity index (χ0) is 26.5. The maximum Gasteiger partial charge on any atom is 0.335 e. The molecule has 1 fully saturated rings. The molecule has 192 valence electrons. The van der Waals surface area contributed by atoms with E-state index in [4.69, 9.17) is 19.7 Å². The lowest BCUT2D eigenvalue weighted by Gasteiger charge is -2.38. The second-order valence-electron chi connectivity index (χ2n) is 9.55. The number of carboxylic acid groups (broad SMARTS) is 2. The van der Waals surface area contributed by atoms with E-state index < -0.39 is 11.9 Å². The second kappa shape index (κ2) is 10.8. The molecule has 0 bridgehead atoms. The molecule has 0 atom stereocenters. The van der Waals surface area contributed by atoms with Gasteiger partial charge in [0.25, 0.3) is 0 Å². The summed E-state index contributed by atoms with van der Waals surface area (Å²) in [4.78, 5) is 22.1. The van der Waals surface area contributed by atoms with Gasteiger partial charge in [0.2, 0.25) is 0 Å². The molecule has 4 aromatic carbocycles. The topological polar surface area (TPSA) is 93.1 Å². The van der Waals surface area contributed by atoms with Crippen LogP contribution in [0.15, 0.2) is 97.1 Å². The van der Waals surface area contributed by atoms with Crippen molar-refractivity contribution in [1.29, 1.82) is 0 Å². The maximum atomic E-state index is 11.1. The lowest BCUT2D eigenvalue weighted by Crippen LogP contribution is -2.30. The lowest BCUT2D eigenvalue weighted by molar-refractivity contribution is 0.0686. The van der Waals surface area contributed by atoms with E-state index in [0.717, 1.165) is 25.7 Å². The first-order chi connectivity index (χ1) is 18.4. The number of carbonyl (C=O) groups is 2. The fourth-order valence-corrected chi connectivity index (χ4v) is 5.19. The summed E-state index contributed by atoms with van der Waals surface area (Å²) >= 11 is 0. The van der Waals surface area contributed by atoms with E-state index in [9.17, 15) is 9.59 Å². The molecule has 0 heterocycles. The summed E-state index contributed by atoms with van der Waals surface area (Å²) in [5.74, 6) is 0.632. The van der Waals surface area contributed by atoms with E-state index >= 15 is 0 Å². The monoisotopic (exact) mass is 508 g/mol. The van der Waals surface area contributed by atoms with Gasteiger partial charge in [-0.2, -0.15) is 0 Å². The van der Waals surface area contributed by atoms with E-state index in [1.807, 2.05) is 24.3 Å². The van der Waals surface area contributed by atoms with Crippen LogP contribution in [0.4, 0.5) is 0 Å². The minimum atomic E-state index is -0.965. The zero-order valence-electron chi connectivity index (χ0n) is 20.8. The third kappa shape index (κ3) is 5.39. The summed E-state index contributed by atoms with van der Waals surface area (Å²) in [7, 11) is 0. The third-order valence-electron chi connectivity index (χ3n) is 7.19. The Morgan fingerprint density at radius 1 is 0.500 bits per heavy atom. The Bertz CT molecular complexity index is 1290. The normalized spacial score (nSPS) is 14.4. The van der Waals surface area contributed by atoms with Gasteiger partial charge < -0.3 is 19.7 Å². The SMILES string of the molecule is O=C(O)c1ccc(Oc2ccc(C3(c4ccc(Oc5ccc(C(=O)O)cc5)cc4)CCCCC3)cc2)cc1. The molecule has 0 aliphatic heterocycles. The van der Waals surface area contributed by atoms with Crippen molar-refractivity contribution in [1.82, 2.24) is 0 Å². The molecule has 4 aromatic rings. The zero-order valence-corrected chi connectivity index (χ0v) is 20.8. The molecular formula is C32H28O6. The first-order valence-corrected chi connectivity index (χ1v) is 12.7. The van der Waals surface area contributed by atoms with Crippen molar-refractivity contribution in [2.45, 2.75) is 37.5 Å². The van der Waals surface area contributed by atoms with Crippen LogP contribution in [0.25, 0.3) is 0 Å². The van der Waals surface area contributed by atoms with E-state index in [0.29, 0.717) is 23.0 Å². The summed E-state index contributed by atoms with van der Waals surface area (Å²) < 4.78 is 11.9. The Kier molecular flexibility index (Phi) is 7.13. The summed E-state index contributed by atoms with van der Waals surface area (Å²) in [6.07, 6.45) is 5.65. The van der Waals surface area contributed by atoms with Crippen LogP contribution in [0.5, 0.6) is 23.0 Å². The number of hydrogen-bond acceptors (Lipinski definition) is 4. The van der Waals surface area contributed by atoms with Crippen LogP contribution in [0, 0.1) is 0 Å². The lowest BCUT2D eigenvalue weighted by atomic mass is 9.65. The summed E-state index contributed by atoms with van der Waals surface area (Å²) in [5, 5.41) is 18.2. The number of carboxylic acids is 2. The molecule has 1 saturated carbocycles. The number of benzene rings is 4. The van der Waals surface area contributed by atoms with Gasteiger partial charge in [0.05, 0.1) is 11.1 Å². The van der Waals surface area contributed by atoms with E-state index in [-0.39, 0.29) is 16.5 Å².